The second-order valence-corrected chi connectivity index (χ2v) is 8.28. The predicted molar refractivity (Wildman–Crippen MR) is 132 cm³/mol. The highest BCUT2D eigenvalue weighted by Crippen LogP contribution is 2.30. The van der Waals surface area contributed by atoms with Crippen LogP contribution in [0.5, 0.6) is 11.5 Å². The van der Waals surface area contributed by atoms with E-state index in [9.17, 15) is 4.79 Å². The third-order valence-corrected chi connectivity index (χ3v) is 5.64. The first-order valence-electron chi connectivity index (χ1n) is 10.4. The van der Waals surface area contributed by atoms with Gasteiger partial charge in [-0.3, -0.25) is 4.79 Å². The second-order valence-electron chi connectivity index (χ2n) is 7.44. The van der Waals surface area contributed by atoms with Gasteiger partial charge in [0.25, 0.3) is 5.91 Å². The number of nitrogens with zero attached hydrogens (tertiary/aromatic N) is 6. The number of ether oxygens (including phenoxy) is 2. The van der Waals surface area contributed by atoms with Crippen LogP contribution in [0, 0.1) is 6.92 Å². The van der Waals surface area contributed by atoms with Crippen molar-refractivity contribution in [3.63, 3.8) is 0 Å². The molecule has 12 nitrogen and oxygen atoms in total. The summed E-state index contributed by atoms with van der Waals surface area (Å²) in [7, 11) is 1.52. The van der Waals surface area contributed by atoms with E-state index in [-0.39, 0.29) is 23.9 Å². The van der Waals surface area contributed by atoms with Gasteiger partial charge in [-0.2, -0.15) is 9.78 Å². The number of benzene rings is 2. The molecule has 0 fully saturated rings. The van der Waals surface area contributed by atoms with E-state index < -0.39 is 5.91 Å². The van der Waals surface area contributed by atoms with Crippen molar-refractivity contribution in [3.8, 4) is 17.3 Å². The maximum atomic E-state index is 12.8. The van der Waals surface area contributed by atoms with Crippen molar-refractivity contribution >= 4 is 40.6 Å². The number of anilines is 1. The molecule has 4 aromatic rings. The molecule has 1 amide bonds. The summed E-state index contributed by atoms with van der Waals surface area (Å²) in [5, 5.41) is 20.1. The van der Waals surface area contributed by atoms with E-state index >= 15 is 0 Å². The topological polar surface area (TPSA) is 156 Å². The number of nitrogen functional groups attached to an aromatic ring is 1. The minimum absolute atomic E-state index is 0.0404. The smallest absolute Gasteiger partial charge is 0.292 e. The van der Waals surface area contributed by atoms with Crippen molar-refractivity contribution in [3.05, 3.63) is 69.0 Å². The van der Waals surface area contributed by atoms with Gasteiger partial charge in [0.15, 0.2) is 17.2 Å². The Labute approximate surface area is 214 Å². The third kappa shape index (κ3) is 5.24. The van der Waals surface area contributed by atoms with Gasteiger partial charge in [0.2, 0.25) is 11.6 Å². The fourth-order valence-electron chi connectivity index (χ4n) is 3.16. The Bertz CT molecular complexity index is 1450. The average molecular weight is 531 g/mol. The number of hydrogen-bond donors (Lipinski definition) is 2. The molecule has 0 saturated heterocycles. The van der Waals surface area contributed by atoms with Crippen LogP contribution in [0.4, 0.5) is 5.82 Å². The minimum Gasteiger partial charge on any atom is -0.493 e. The number of aromatic nitrogens is 5. The van der Waals surface area contributed by atoms with Crippen molar-refractivity contribution < 1.29 is 18.9 Å². The van der Waals surface area contributed by atoms with E-state index in [1.165, 1.54) is 7.11 Å². The monoisotopic (exact) mass is 530 g/mol. The number of nitrogens with two attached hydrogens (primary N) is 1. The Kier molecular flexibility index (Phi) is 7.36. The first-order valence-corrected chi connectivity index (χ1v) is 11.1. The van der Waals surface area contributed by atoms with Crippen LogP contribution in [0.25, 0.3) is 5.82 Å². The number of hydrazone groups is 1. The SMILES string of the molecule is COc1cc(C(C)=NNC(=O)c2c(C)nnn2-c2nonc2N)ccc1OCc1ccc(Cl)cc1Cl. The zero-order chi connectivity index (χ0) is 25.8. The minimum atomic E-state index is -0.578. The van der Waals surface area contributed by atoms with Gasteiger partial charge in [-0.1, -0.05) is 34.5 Å². The van der Waals surface area contributed by atoms with E-state index in [0.29, 0.717) is 38.5 Å². The number of amides is 1. The van der Waals surface area contributed by atoms with Crippen LogP contribution in [0.1, 0.15) is 34.2 Å². The van der Waals surface area contributed by atoms with Gasteiger partial charge in [-0.05, 0) is 54.5 Å². The van der Waals surface area contributed by atoms with Crippen LogP contribution in [-0.4, -0.2) is 44.0 Å². The van der Waals surface area contributed by atoms with Crippen molar-refractivity contribution in [2.45, 2.75) is 20.5 Å². The van der Waals surface area contributed by atoms with Crippen LogP contribution in [-0.2, 0) is 6.61 Å². The number of aryl methyl sites for hydroxylation is 1. The molecule has 4 rings (SSSR count). The highest BCUT2D eigenvalue weighted by atomic mass is 35.5. The highest BCUT2D eigenvalue weighted by molar-refractivity contribution is 6.35. The molecular formula is C22H20Cl2N8O4. The molecule has 0 bridgehead atoms. The van der Waals surface area contributed by atoms with Crippen molar-refractivity contribution in [1.29, 1.82) is 0 Å². The quantitative estimate of drug-likeness (QED) is 0.256. The lowest BCUT2D eigenvalue weighted by atomic mass is 10.1. The zero-order valence-corrected chi connectivity index (χ0v) is 20.8. The van der Waals surface area contributed by atoms with Crippen molar-refractivity contribution in [2.24, 2.45) is 5.10 Å². The summed E-state index contributed by atoms with van der Waals surface area (Å²) in [6.45, 7) is 3.56. The number of rotatable bonds is 8. The molecule has 2 aromatic heterocycles. The molecule has 0 aliphatic rings. The highest BCUT2D eigenvalue weighted by Gasteiger charge is 2.23. The van der Waals surface area contributed by atoms with Gasteiger partial charge in [0, 0.05) is 21.2 Å². The van der Waals surface area contributed by atoms with Crippen LogP contribution in [0.2, 0.25) is 10.0 Å². The van der Waals surface area contributed by atoms with Crippen LogP contribution in [0.15, 0.2) is 46.1 Å². The molecule has 0 unspecified atom stereocenters. The van der Waals surface area contributed by atoms with Gasteiger partial charge in [0.05, 0.1) is 18.5 Å². The summed E-state index contributed by atoms with van der Waals surface area (Å²) >= 11 is 12.2. The number of carbonyl (C=O) groups excluding carboxylic acids is 1. The Balaban J connectivity index is 1.49. The average Bonchev–Trinajstić information content (AvgIpc) is 3.46. The molecule has 0 atom stereocenters. The molecule has 0 radical (unpaired) electrons. The van der Waals surface area contributed by atoms with E-state index in [1.54, 1.807) is 50.2 Å². The molecule has 0 saturated carbocycles. The Morgan fingerprint density at radius 3 is 2.69 bits per heavy atom. The van der Waals surface area contributed by atoms with Crippen LogP contribution >= 0.6 is 23.2 Å². The number of halogens is 2. The molecule has 2 aromatic carbocycles. The molecule has 14 heteroatoms. The molecule has 0 spiro atoms. The molecule has 186 valence electrons. The van der Waals surface area contributed by atoms with Gasteiger partial charge in [-0.25, -0.2) is 10.1 Å². The first kappa shape index (κ1) is 24.9. The molecule has 3 N–H and O–H groups in total. The van der Waals surface area contributed by atoms with E-state index in [2.05, 4.69) is 35.8 Å². The molecule has 0 aliphatic heterocycles. The molecule has 0 aliphatic carbocycles. The molecule has 2 heterocycles. The van der Waals surface area contributed by atoms with Gasteiger partial charge < -0.3 is 15.2 Å². The van der Waals surface area contributed by atoms with Gasteiger partial charge >= 0.3 is 0 Å². The van der Waals surface area contributed by atoms with Crippen molar-refractivity contribution in [1.82, 2.24) is 30.7 Å². The number of methoxy groups -OCH3 is 1. The van der Waals surface area contributed by atoms with E-state index in [4.69, 9.17) is 38.4 Å². The first-order chi connectivity index (χ1) is 17.3. The number of nitrogens with one attached hydrogen (secondary N) is 1. The second kappa shape index (κ2) is 10.6. The summed E-state index contributed by atoms with van der Waals surface area (Å²) in [4.78, 5) is 12.8. The number of hydrogen-bond acceptors (Lipinski definition) is 10. The Hall–Kier alpha value is -4.16. The standard InChI is InChI=1S/C22H20Cl2N8O4/c1-11(26-28-22(33)19-12(2)27-31-32(19)21-20(25)29-36-30-21)13-5-7-17(18(8-13)34-3)35-10-14-4-6-15(23)9-16(14)24/h4-9H,10H2,1-3H3,(H2,25,29)(H,28,33). The zero-order valence-electron chi connectivity index (χ0n) is 19.3. The van der Waals surface area contributed by atoms with E-state index in [1.807, 2.05) is 0 Å². The normalized spacial score (nSPS) is 11.4. The van der Waals surface area contributed by atoms with Crippen LogP contribution in [0.3, 0.4) is 0 Å². The van der Waals surface area contributed by atoms with Crippen molar-refractivity contribution in [2.75, 3.05) is 12.8 Å². The van der Waals surface area contributed by atoms with Crippen LogP contribution < -0.4 is 20.6 Å². The summed E-state index contributed by atoms with van der Waals surface area (Å²) in [5.74, 6) is 0.410. The largest absolute Gasteiger partial charge is 0.493 e. The van der Waals surface area contributed by atoms with E-state index in [0.717, 1.165) is 10.2 Å². The maximum Gasteiger partial charge on any atom is 0.292 e. The molecular weight excluding hydrogens is 511 g/mol. The lowest BCUT2D eigenvalue weighted by Crippen LogP contribution is -2.24. The molecule has 36 heavy (non-hydrogen) atoms. The number of carbonyl (C=O) groups is 1. The lowest BCUT2D eigenvalue weighted by molar-refractivity contribution is 0.0946. The summed E-state index contributed by atoms with van der Waals surface area (Å²) < 4.78 is 17.1. The predicted octanol–water partition coefficient (Wildman–Crippen LogP) is 3.59. The maximum absolute atomic E-state index is 12.8. The Morgan fingerprint density at radius 2 is 2.00 bits per heavy atom. The van der Waals surface area contributed by atoms with Gasteiger partial charge in [-0.15, -0.1) is 5.10 Å². The lowest BCUT2D eigenvalue weighted by Gasteiger charge is -2.13. The summed E-state index contributed by atoms with van der Waals surface area (Å²) in [6, 6.07) is 10.4. The Morgan fingerprint density at radius 1 is 1.19 bits per heavy atom. The summed E-state index contributed by atoms with van der Waals surface area (Å²) in [5.41, 5.74) is 10.6. The van der Waals surface area contributed by atoms with Gasteiger partial charge in [0.1, 0.15) is 6.61 Å². The summed E-state index contributed by atoms with van der Waals surface area (Å²) in [6.07, 6.45) is 0. The third-order valence-electron chi connectivity index (χ3n) is 5.05. The fourth-order valence-corrected chi connectivity index (χ4v) is 3.63. The fraction of sp³-hybridized carbons (Fsp3) is 0.182.